The van der Waals surface area contributed by atoms with E-state index in [1.165, 1.54) is 0 Å². The molecule has 1 saturated heterocycles. The topological polar surface area (TPSA) is 142 Å². The Balaban J connectivity index is 1.29. The van der Waals surface area contributed by atoms with Gasteiger partial charge in [-0.1, -0.05) is 53.7 Å². The van der Waals surface area contributed by atoms with Crippen molar-refractivity contribution in [3.63, 3.8) is 0 Å². The van der Waals surface area contributed by atoms with Crippen LogP contribution >= 0.6 is 0 Å². The largest absolute Gasteiger partial charge is 0.481 e. The number of carbonyl (C=O) groups is 1. The molecular weight excluding hydrogens is 568 g/mol. The summed E-state index contributed by atoms with van der Waals surface area (Å²) in [6.45, 7) is 1.95. The Kier molecular flexibility index (Phi) is 8.75. The van der Waals surface area contributed by atoms with E-state index in [1.54, 1.807) is 17.9 Å². The number of methoxy groups -OCH3 is 1. The van der Waals surface area contributed by atoms with E-state index in [9.17, 15) is 15.2 Å². The third-order valence-corrected chi connectivity index (χ3v) is 7.78. The molecule has 2 atom stereocenters. The number of carboxylic acid groups (broad SMARTS) is 1. The average molecular weight is 601 g/mol. The van der Waals surface area contributed by atoms with E-state index in [-0.39, 0.29) is 12.0 Å². The number of nitrogens with one attached hydrogen (secondary N) is 1. The Morgan fingerprint density at radius 2 is 1.89 bits per heavy atom. The first kappa shape index (κ1) is 29.5. The van der Waals surface area contributed by atoms with Gasteiger partial charge in [0.15, 0.2) is 0 Å². The van der Waals surface area contributed by atoms with E-state index < -0.39 is 5.97 Å². The zero-order valence-electron chi connectivity index (χ0n) is 24.7. The molecule has 0 aliphatic carbocycles. The summed E-state index contributed by atoms with van der Waals surface area (Å²) in [4.78, 5) is 23.1. The lowest BCUT2D eigenvalue weighted by molar-refractivity contribution is -0.140. The van der Waals surface area contributed by atoms with Gasteiger partial charge >= 0.3 is 5.97 Å². The number of hydrogen-bond donors (Lipinski definition) is 2. The molecule has 1 fully saturated rings. The van der Waals surface area contributed by atoms with Crippen LogP contribution in [-0.2, 0) is 16.1 Å². The highest BCUT2D eigenvalue weighted by Crippen LogP contribution is 2.30. The maximum atomic E-state index is 11.4. The molecule has 4 heterocycles. The molecule has 0 saturated carbocycles. The highest BCUT2D eigenvalue weighted by molar-refractivity contribution is 5.73. The van der Waals surface area contributed by atoms with Crippen LogP contribution in [0, 0.1) is 17.2 Å². The molecule has 0 radical (unpaired) electrons. The van der Waals surface area contributed by atoms with Gasteiger partial charge in [0.1, 0.15) is 17.3 Å². The number of benzene rings is 2. The molecule has 226 valence electrons. The quantitative estimate of drug-likeness (QED) is 0.212. The molecule has 1 aliphatic heterocycles. The number of nitrogens with zero attached hydrogens (tertiary/aromatic N) is 7. The number of pyridine rings is 2. The minimum absolute atomic E-state index is 0.146. The fourth-order valence-corrected chi connectivity index (χ4v) is 5.48. The van der Waals surface area contributed by atoms with E-state index in [0.29, 0.717) is 55.4 Å². The van der Waals surface area contributed by atoms with Gasteiger partial charge in [0.2, 0.25) is 0 Å². The number of aliphatic carboxylic acids is 1. The average Bonchev–Trinajstić information content (AvgIpc) is 3.76. The SMILES string of the molecule is COC[C@@H](Nc1cc(-c2cn(Cc3cccc(N4CCC(C(=O)O)C4)n3)nn2)cc(-c2cccc(C#N)c2)n1)c1ccccc1. The van der Waals surface area contributed by atoms with Crippen molar-refractivity contribution in [1.82, 2.24) is 25.0 Å². The van der Waals surface area contributed by atoms with Crippen molar-refractivity contribution in [2.75, 3.05) is 37.0 Å². The van der Waals surface area contributed by atoms with Crippen LogP contribution in [0.4, 0.5) is 11.6 Å². The standard InChI is InChI=1S/C34H32N8O3/c1-45-22-31(24-8-3-2-4-9-24)38-32-17-27(16-29(37-32)25-10-5-7-23(15-25)18-35)30-21-42(40-39-30)20-28-11-6-12-33(36-28)41-14-13-26(19-41)34(43)44/h2-12,15-17,21,26,31H,13-14,19-20,22H2,1H3,(H,37,38)(H,43,44)/t26?,31-/m1/s1. The van der Waals surface area contributed by atoms with Crippen molar-refractivity contribution in [2.45, 2.75) is 19.0 Å². The Morgan fingerprint density at radius 3 is 2.67 bits per heavy atom. The molecule has 11 nitrogen and oxygen atoms in total. The molecule has 0 spiro atoms. The number of carboxylic acids is 1. The number of nitriles is 1. The van der Waals surface area contributed by atoms with Gasteiger partial charge in [-0.05, 0) is 48.4 Å². The monoisotopic (exact) mass is 600 g/mol. The number of hydrogen-bond acceptors (Lipinski definition) is 9. The second-order valence-electron chi connectivity index (χ2n) is 10.9. The van der Waals surface area contributed by atoms with Gasteiger partial charge in [0, 0.05) is 31.3 Å². The summed E-state index contributed by atoms with van der Waals surface area (Å²) in [5.41, 5.74) is 5.35. The summed E-state index contributed by atoms with van der Waals surface area (Å²) in [6.07, 6.45) is 2.47. The third kappa shape index (κ3) is 6.98. The minimum atomic E-state index is -0.770. The van der Waals surface area contributed by atoms with Crippen molar-refractivity contribution < 1.29 is 14.6 Å². The number of ether oxygens (including phenoxy) is 1. The molecule has 0 bridgehead atoms. The van der Waals surface area contributed by atoms with Gasteiger partial charge in [-0.2, -0.15) is 5.26 Å². The first-order valence-electron chi connectivity index (χ1n) is 14.7. The highest BCUT2D eigenvalue weighted by Gasteiger charge is 2.28. The Hall–Kier alpha value is -5.60. The predicted octanol–water partition coefficient (Wildman–Crippen LogP) is 5.03. The molecule has 45 heavy (non-hydrogen) atoms. The lowest BCUT2D eigenvalue weighted by Gasteiger charge is -2.20. The Labute approximate surface area is 260 Å². The van der Waals surface area contributed by atoms with E-state index in [2.05, 4.69) is 21.7 Å². The first-order valence-corrected chi connectivity index (χ1v) is 14.7. The smallest absolute Gasteiger partial charge is 0.308 e. The molecule has 2 aromatic carbocycles. The molecule has 6 rings (SSSR count). The van der Waals surface area contributed by atoms with Gasteiger partial charge in [-0.25, -0.2) is 14.6 Å². The Morgan fingerprint density at radius 1 is 1.04 bits per heavy atom. The molecule has 1 aliphatic rings. The van der Waals surface area contributed by atoms with Gasteiger partial charge in [-0.3, -0.25) is 4.79 Å². The van der Waals surface area contributed by atoms with Crippen LogP contribution < -0.4 is 10.2 Å². The van der Waals surface area contributed by atoms with Gasteiger partial charge in [0.05, 0.1) is 54.3 Å². The molecule has 3 aromatic heterocycles. The second kappa shape index (κ2) is 13.4. The number of anilines is 2. The molecule has 0 amide bonds. The lowest BCUT2D eigenvalue weighted by Crippen LogP contribution is -2.23. The molecule has 5 aromatic rings. The van der Waals surface area contributed by atoms with Gasteiger partial charge < -0.3 is 20.1 Å². The van der Waals surface area contributed by atoms with Crippen molar-refractivity contribution >= 4 is 17.6 Å². The zero-order chi connectivity index (χ0) is 31.2. The summed E-state index contributed by atoms with van der Waals surface area (Å²) < 4.78 is 7.25. The van der Waals surface area contributed by atoms with E-state index in [4.69, 9.17) is 14.7 Å². The zero-order valence-corrected chi connectivity index (χ0v) is 24.7. The van der Waals surface area contributed by atoms with Crippen LogP contribution in [0.2, 0.25) is 0 Å². The number of rotatable bonds is 11. The fraction of sp³-hybridized carbons (Fsp3) is 0.235. The third-order valence-electron chi connectivity index (χ3n) is 7.78. The molecular formula is C34H32N8O3. The summed E-state index contributed by atoms with van der Waals surface area (Å²) in [5, 5.41) is 31.2. The molecule has 1 unspecified atom stereocenters. The van der Waals surface area contributed by atoms with Crippen LogP contribution in [0.3, 0.4) is 0 Å². The summed E-state index contributed by atoms with van der Waals surface area (Å²) >= 11 is 0. The van der Waals surface area contributed by atoms with Crippen LogP contribution in [0.15, 0.2) is 91.1 Å². The van der Waals surface area contributed by atoms with E-state index in [1.807, 2.05) is 90.0 Å². The summed E-state index contributed by atoms with van der Waals surface area (Å²) in [7, 11) is 1.67. The van der Waals surface area contributed by atoms with Crippen LogP contribution in [0.1, 0.15) is 29.3 Å². The highest BCUT2D eigenvalue weighted by atomic mass is 16.5. The lowest BCUT2D eigenvalue weighted by atomic mass is 10.0. The van der Waals surface area contributed by atoms with Crippen molar-refractivity contribution in [3.8, 4) is 28.6 Å². The second-order valence-corrected chi connectivity index (χ2v) is 10.9. The Bertz CT molecular complexity index is 1830. The van der Waals surface area contributed by atoms with Crippen LogP contribution in [0.5, 0.6) is 0 Å². The maximum absolute atomic E-state index is 11.4. The van der Waals surface area contributed by atoms with Crippen LogP contribution in [-0.4, -0.2) is 62.8 Å². The first-order chi connectivity index (χ1) is 22.0. The maximum Gasteiger partial charge on any atom is 0.308 e. The fourth-order valence-electron chi connectivity index (χ4n) is 5.48. The minimum Gasteiger partial charge on any atom is -0.481 e. The normalized spacial score (nSPS) is 15.0. The van der Waals surface area contributed by atoms with E-state index >= 15 is 0 Å². The predicted molar refractivity (Wildman–Crippen MR) is 169 cm³/mol. The summed E-state index contributed by atoms with van der Waals surface area (Å²) in [6, 6.07) is 29.1. The molecule has 2 N–H and O–H groups in total. The van der Waals surface area contributed by atoms with Gasteiger partial charge in [0.25, 0.3) is 0 Å². The van der Waals surface area contributed by atoms with Gasteiger partial charge in [-0.15, -0.1) is 5.10 Å². The summed E-state index contributed by atoms with van der Waals surface area (Å²) in [5.74, 6) is 0.242. The van der Waals surface area contributed by atoms with Crippen molar-refractivity contribution in [3.05, 3.63) is 108 Å². The van der Waals surface area contributed by atoms with Crippen LogP contribution in [0.25, 0.3) is 22.5 Å². The van der Waals surface area contributed by atoms with Crippen molar-refractivity contribution in [1.29, 1.82) is 5.26 Å². The molecule has 11 heteroatoms. The van der Waals surface area contributed by atoms with Crippen molar-refractivity contribution in [2.24, 2.45) is 5.92 Å². The van der Waals surface area contributed by atoms with E-state index in [0.717, 1.165) is 28.2 Å². The number of aromatic nitrogens is 5.